The number of aromatic hydroxyl groups is 2. The second-order valence-electron chi connectivity index (χ2n) is 5.86. The predicted molar refractivity (Wildman–Crippen MR) is 101 cm³/mol. The lowest BCUT2D eigenvalue weighted by molar-refractivity contribution is 0.270. The predicted octanol–water partition coefficient (Wildman–Crippen LogP) is 3.03. The van der Waals surface area contributed by atoms with Gasteiger partial charge in [-0.2, -0.15) is 5.10 Å². The van der Waals surface area contributed by atoms with Gasteiger partial charge in [-0.15, -0.1) is 0 Å². The molecule has 0 unspecified atom stereocenters. The van der Waals surface area contributed by atoms with Crippen LogP contribution in [-0.4, -0.2) is 45.4 Å². The molecule has 3 rings (SSSR count). The molecule has 0 spiro atoms. The van der Waals surface area contributed by atoms with Crippen molar-refractivity contribution in [1.29, 1.82) is 0 Å². The molecule has 1 heterocycles. The van der Waals surface area contributed by atoms with Crippen molar-refractivity contribution >= 4 is 0 Å². The SMILES string of the molecule is CCOc1cc(-c2cc(-c3ccc(O)c(OC)c3)nn2CCO)ccc1O. The average molecular weight is 370 g/mol. The van der Waals surface area contributed by atoms with Gasteiger partial charge in [0, 0.05) is 11.1 Å². The lowest BCUT2D eigenvalue weighted by Crippen LogP contribution is -2.06. The van der Waals surface area contributed by atoms with Gasteiger partial charge in [-0.05, 0) is 49.4 Å². The summed E-state index contributed by atoms with van der Waals surface area (Å²) in [6.45, 7) is 2.53. The Balaban J connectivity index is 2.07. The monoisotopic (exact) mass is 370 g/mol. The molecule has 0 atom stereocenters. The Bertz CT molecular complexity index is 936. The number of phenols is 2. The number of aliphatic hydroxyl groups is 1. The highest BCUT2D eigenvalue weighted by atomic mass is 16.5. The van der Waals surface area contributed by atoms with E-state index < -0.39 is 0 Å². The van der Waals surface area contributed by atoms with Gasteiger partial charge in [0.25, 0.3) is 0 Å². The van der Waals surface area contributed by atoms with Gasteiger partial charge in [0.15, 0.2) is 23.0 Å². The summed E-state index contributed by atoms with van der Waals surface area (Å²) in [4.78, 5) is 0. The fourth-order valence-corrected chi connectivity index (χ4v) is 2.84. The first-order valence-corrected chi connectivity index (χ1v) is 8.59. The third-order valence-electron chi connectivity index (χ3n) is 4.12. The molecule has 3 N–H and O–H groups in total. The largest absolute Gasteiger partial charge is 0.504 e. The number of hydrogen-bond acceptors (Lipinski definition) is 6. The van der Waals surface area contributed by atoms with Crippen molar-refractivity contribution in [3.8, 4) is 45.5 Å². The van der Waals surface area contributed by atoms with E-state index in [9.17, 15) is 15.3 Å². The zero-order valence-electron chi connectivity index (χ0n) is 15.2. The van der Waals surface area contributed by atoms with E-state index in [1.807, 2.05) is 13.0 Å². The molecule has 0 aliphatic heterocycles. The molecule has 0 bridgehead atoms. The lowest BCUT2D eigenvalue weighted by atomic mass is 10.1. The summed E-state index contributed by atoms with van der Waals surface area (Å²) < 4.78 is 12.3. The van der Waals surface area contributed by atoms with Crippen molar-refractivity contribution in [2.24, 2.45) is 0 Å². The fourth-order valence-electron chi connectivity index (χ4n) is 2.84. The van der Waals surface area contributed by atoms with Crippen LogP contribution in [0.2, 0.25) is 0 Å². The number of ether oxygens (including phenoxy) is 2. The molecule has 7 nitrogen and oxygen atoms in total. The van der Waals surface area contributed by atoms with Crippen LogP contribution in [0.15, 0.2) is 42.5 Å². The number of aromatic nitrogens is 2. The van der Waals surface area contributed by atoms with Crippen molar-refractivity contribution in [2.75, 3.05) is 20.3 Å². The van der Waals surface area contributed by atoms with E-state index in [2.05, 4.69) is 5.10 Å². The third kappa shape index (κ3) is 3.83. The average Bonchev–Trinajstić information content (AvgIpc) is 3.08. The van der Waals surface area contributed by atoms with Crippen LogP contribution < -0.4 is 9.47 Å². The summed E-state index contributed by atoms with van der Waals surface area (Å²) in [6, 6.07) is 12.0. The molecule has 3 aromatic rings. The quantitative estimate of drug-likeness (QED) is 0.591. The fraction of sp³-hybridized carbons (Fsp3) is 0.250. The molecular formula is C20H22N2O5. The maximum Gasteiger partial charge on any atom is 0.161 e. The van der Waals surface area contributed by atoms with E-state index in [1.165, 1.54) is 7.11 Å². The van der Waals surface area contributed by atoms with Crippen molar-refractivity contribution in [3.05, 3.63) is 42.5 Å². The van der Waals surface area contributed by atoms with E-state index in [1.54, 1.807) is 41.1 Å². The van der Waals surface area contributed by atoms with Gasteiger partial charge >= 0.3 is 0 Å². The number of phenolic OH excluding ortho intramolecular Hbond substituents is 2. The Hall–Kier alpha value is -3.19. The molecule has 142 valence electrons. The van der Waals surface area contributed by atoms with Gasteiger partial charge in [0.1, 0.15) is 0 Å². The summed E-state index contributed by atoms with van der Waals surface area (Å²) in [5.74, 6) is 0.863. The summed E-state index contributed by atoms with van der Waals surface area (Å²) >= 11 is 0. The summed E-state index contributed by atoms with van der Waals surface area (Å²) in [7, 11) is 1.49. The maximum atomic E-state index is 9.93. The third-order valence-corrected chi connectivity index (χ3v) is 4.12. The van der Waals surface area contributed by atoms with Crippen LogP contribution >= 0.6 is 0 Å². The van der Waals surface area contributed by atoms with Crippen LogP contribution in [0.1, 0.15) is 6.92 Å². The molecule has 0 fully saturated rings. The zero-order chi connectivity index (χ0) is 19.4. The Morgan fingerprint density at radius 1 is 0.963 bits per heavy atom. The Morgan fingerprint density at radius 3 is 2.30 bits per heavy atom. The van der Waals surface area contributed by atoms with Crippen LogP contribution in [0.5, 0.6) is 23.0 Å². The second-order valence-corrected chi connectivity index (χ2v) is 5.86. The van der Waals surface area contributed by atoms with Crippen molar-refractivity contribution in [2.45, 2.75) is 13.5 Å². The number of methoxy groups -OCH3 is 1. The van der Waals surface area contributed by atoms with Crippen LogP contribution in [0.3, 0.4) is 0 Å². The van der Waals surface area contributed by atoms with Crippen molar-refractivity contribution in [1.82, 2.24) is 9.78 Å². The molecular weight excluding hydrogens is 348 g/mol. The number of rotatable bonds is 7. The maximum absolute atomic E-state index is 9.93. The molecule has 0 amide bonds. The topological polar surface area (TPSA) is 97.0 Å². The van der Waals surface area contributed by atoms with Crippen molar-refractivity contribution in [3.63, 3.8) is 0 Å². The van der Waals surface area contributed by atoms with Gasteiger partial charge in [0.2, 0.25) is 0 Å². The van der Waals surface area contributed by atoms with Crippen LogP contribution in [-0.2, 0) is 6.54 Å². The molecule has 2 aromatic carbocycles. The minimum atomic E-state index is -0.0661. The second kappa shape index (κ2) is 8.01. The molecule has 0 aliphatic rings. The smallest absolute Gasteiger partial charge is 0.161 e. The summed E-state index contributed by atoms with van der Waals surface area (Å²) in [6.07, 6.45) is 0. The first-order valence-electron chi connectivity index (χ1n) is 8.59. The molecule has 7 heteroatoms. The molecule has 0 aliphatic carbocycles. The Morgan fingerprint density at radius 2 is 1.63 bits per heavy atom. The highest BCUT2D eigenvalue weighted by Crippen LogP contribution is 2.35. The van der Waals surface area contributed by atoms with E-state index in [-0.39, 0.29) is 18.1 Å². The summed E-state index contributed by atoms with van der Waals surface area (Å²) in [5.41, 5.74) is 3.01. The molecule has 0 saturated carbocycles. The van der Waals surface area contributed by atoms with Crippen LogP contribution in [0.4, 0.5) is 0 Å². The first kappa shape index (κ1) is 18.6. The Labute approximate surface area is 157 Å². The highest BCUT2D eigenvalue weighted by Gasteiger charge is 2.15. The normalized spacial score (nSPS) is 10.8. The van der Waals surface area contributed by atoms with Gasteiger partial charge < -0.3 is 24.8 Å². The minimum absolute atomic E-state index is 0.0520. The van der Waals surface area contributed by atoms with E-state index >= 15 is 0 Å². The van der Waals surface area contributed by atoms with Gasteiger partial charge in [0.05, 0.1) is 38.3 Å². The summed E-state index contributed by atoms with van der Waals surface area (Å²) in [5, 5.41) is 33.7. The van der Waals surface area contributed by atoms with E-state index in [4.69, 9.17) is 9.47 Å². The van der Waals surface area contributed by atoms with Gasteiger partial charge in [-0.25, -0.2) is 0 Å². The van der Waals surface area contributed by atoms with Gasteiger partial charge in [-0.1, -0.05) is 0 Å². The van der Waals surface area contributed by atoms with E-state index in [0.29, 0.717) is 30.3 Å². The molecule has 0 radical (unpaired) electrons. The zero-order valence-corrected chi connectivity index (χ0v) is 15.2. The molecule has 27 heavy (non-hydrogen) atoms. The standard InChI is InChI=1S/C20H22N2O5/c1-3-27-20-11-14(5-7-18(20)25)16-12-15(21-22(16)8-9-23)13-4-6-17(24)19(10-13)26-2/h4-7,10-12,23-25H,3,8-9H2,1-2H3. The molecule has 1 aromatic heterocycles. The van der Waals surface area contributed by atoms with Crippen molar-refractivity contribution < 1.29 is 24.8 Å². The lowest BCUT2D eigenvalue weighted by Gasteiger charge is -2.09. The highest BCUT2D eigenvalue weighted by molar-refractivity contribution is 5.72. The van der Waals surface area contributed by atoms with E-state index in [0.717, 1.165) is 16.8 Å². The number of aliphatic hydroxyl groups excluding tert-OH is 1. The van der Waals surface area contributed by atoms with Crippen LogP contribution in [0, 0.1) is 0 Å². The number of nitrogens with zero attached hydrogens (tertiary/aromatic N) is 2. The first-order chi connectivity index (χ1) is 13.1. The number of benzene rings is 2. The number of hydrogen-bond donors (Lipinski definition) is 3. The van der Waals surface area contributed by atoms with Gasteiger partial charge in [-0.3, -0.25) is 4.68 Å². The Kier molecular flexibility index (Phi) is 5.52. The molecule has 0 saturated heterocycles. The minimum Gasteiger partial charge on any atom is -0.504 e. The van der Waals surface area contributed by atoms with Crippen LogP contribution in [0.25, 0.3) is 22.5 Å².